The predicted octanol–water partition coefficient (Wildman–Crippen LogP) is 1.82. The first-order chi connectivity index (χ1) is 12.7. The fourth-order valence-electron chi connectivity index (χ4n) is 3.05. The monoisotopic (exact) mass is 362 g/mol. The predicted molar refractivity (Wildman–Crippen MR) is 95.4 cm³/mol. The fourth-order valence-corrected chi connectivity index (χ4v) is 3.05. The SMILES string of the molecule is COc1ccc(OC)c(-c2cc(C(=O)N3CCN(CCF)CC3)[nH]n2)c1. The molecule has 1 aliphatic heterocycles. The molecule has 26 heavy (non-hydrogen) atoms. The van der Waals surface area contributed by atoms with Gasteiger partial charge in [0.2, 0.25) is 0 Å². The molecular formula is C18H23FN4O3. The molecule has 1 N–H and O–H groups in total. The fraction of sp³-hybridized carbons (Fsp3) is 0.444. The van der Waals surface area contributed by atoms with Crippen LogP contribution in [0.2, 0.25) is 0 Å². The minimum Gasteiger partial charge on any atom is -0.497 e. The number of aromatic nitrogens is 2. The lowest BCUT2D eigenvalue weighted by atomic mass is 10.1. The van der Waals surface area contributed by atoms with Crippen LogP contribution in [-0.2, 0) is 0 Å². The number of hydrogen-bond acceptors (Lipinski definition) is 5. The van der Waals surface area contributed by atoms with Crippen molar-refractivity contribution >= 4 is 5.91 Å². The number of piperazine rings is 1. The maximum absolute atomic E-state index is 12.7. The van der Waals surface area contributed by atoms with Crippen molar-refractivity contribution in [2.75, 3.05) is 53.6 Å². The Labute approximate surface area is 151 Å². The Bertz CT molecular complexity index is 757. The highest BCUT2D eigenvalue weighted by Gasteiger charge is 2.24. The van der Waals surface area contributed by atoms with Crippen LogP contribution in [0, 0.1) is 0 Å². The molecule has 0 unspecified atom stereocenters. The summed E-state index contributed by atoms with van der Waals surface area (Å²) in [5.41, 5.74) is 1.78. The molecule has 1 amide bonds. The first-order valence-electron chi connectivity index (χ1n) is 8.51. The topological polar surface area (TPSA) is 70.7 Å². The molecule has 8 heteroatoms. The van der Waals surface area contributed by atoms with Gasteiger partial charge in [-0.1, -0.05) is 0 Å². The number of aromatic amines is 1. The molecule has 2 heterocycles. The van der Waals surface area contributed by atoms with E-state index in [4.69, 9.17) is 9.47 Å². The summed E-state index contributed by atoms with van der Waals surface area (Å²) in [6.07, 6.45) is 0. The van der Waals surface area contributed by atoms with Gasteiger partial charge in [0.15, 0.2) is 0 Å². The summed E-state index contributed by atoms with van der Waals surface area (Å²) in [4.78, 5) is 16.5. The molecule has 1 aliphatic rings. The molecule has 1 fully saturated rings. The Morgan fingerprint density at radius 1 is 1.19 bits per heavy atom. The Kier molecular flexibility index (Phi) is 5.72. The number of hydrogen-bond donors (Lipinski definition) is 1. The van der Waals surface area contributed by atoms with E-state index in [-0.39, 0.29) is 12.6 Å². The van der Waals surface area contributed by atoms with Crippen molar-refractivity contribution in [3.05, 3.63) is 30.0 Å². The third kappa shape index (κ3) is 3.80. The van der Waals surface area contributed by atoms with Crippen LogP contribution in [0.3, 0.4) is 0 Å². The zero-order valence-corrected chi connectivity index (χ0v) is 15.0. The van der Waals surface area contributed by atoms with Crippen LogP contribution >= 0.6 is 0 Å². The van der Waals surface area contributed by atoms with E-state index in [2.05, 4.69) is 10.2 Å². The molecule has 0 radical (unpaired) electrons. The van der Waals surface area contributed by atoms with E-state index >= 15 is 0 Å². The molecule has 7 nitrogen and oxygen atoms in total. The third-order valence-corrected chi connectivity index (χ3v) is 4.55. The maximum Gasteiger partial charge on any atom is 0.271 e. The van der Waals surface area contributed by atoms with Crippen molar-refractivity contribution in [3.8, 4) is 22.8 Å². The van der Waals surface area contributed by atoms with Gasteiger partial charge in [-0.3, -0.25) is 14.8 Å². The van der Waals surface area contributed by atoms with Crippen molar-refractivity contribution in [1.82, 2.24) is 20.0 Å². The summed E-state index contributed by atoms with van der Waals surface area (Å²) in [6, 6.07) is 7.14. The summed E-state index contributed by atoms with van der Waals surface area (Å²) in [6.45, 7) is 2.58. The van der Waals surface area contributed by atoms with E-state index in [1.54, 1.807) is 37.3 Å². The lowest BCUT2D eigenvalue weighted by Gasteiger charge is -2.33. The Morgan fingerprint density at radius 2 is 1.96 bits per heavy atom. The van der Waals surface area contributed by atoms with Gasteiger partial charge in [-0.15, -0.1) is 0 Å². The first kappa shape index (κ1) is 18.2. The van der Waals surface area contributed by atoms with Gasteiger partial charge >= 0.3 is 0 Å². The molecule has 0 saturated carbocycles. The number of H-pyrrole nitrogens is 1. The van der Waals surface area contributed by atoms with Gasteiger partial charge in [0.05, 0.1) is 19.9 Å². The number of nitrogens with zero attached hydrogens (tertiary/aromatic N) is 3. The third-order valence-electron chi connectivity index (χ3n) is 4.55. The molecule has 2 aromatic rings. The van der Waals surface area contributed by atoms with E-state index in [9.17, 15) is 9.18 Å². The number of ether oxygens (including phenoxy) is 2. The Morgan fingerprint density at radius 3 is 2.62 bits per heavy atom. The summed E-state index contributed by atoms with van der Waals surface area (Å²) in [5.74, 6) is 1.22. The van der Waals surface area contributed by atoms with E-state index in [1.165, 1.54) is 0 Å². The van der Waals surface area contributed by atoms with Crippen molar-refractivity contribution < 1.29 is 18.7 Å². The van der Waals surface area contributed by atoms with E-state index < -0.39 is 0 Å². The number of halogens is 1. The molecule has 0 atom stereocenters. The number of carbonyl (C=O) groups excluding carboxylic acids is 1. The molecule has 1 saturated heterocycles. The van der Waals surface area contributed by atoms with Crippen LogP contribution in [0.25, 0.3) is 11.3 Å². The molecule has 0 bridgehead atoms. The molecular weight excluding hydrogens is 339 g/mol. The Balaban J connectivity index is 1.75. The molecule has 0 aliphatic carbocycles. The van der Waals surface area contributed by atoms with E-state index in [0.29, 0.717) is 55.6 Å². The molecule has 3 rings (SSSR count). The minimum absolute atomic E-state index is 0.106. The van der Waals surface area contributed by atoms with E-state index in [0.717, 1.165) is 5.56 Å². The minimum atomic E-state index is -0.361. The smallest absolute Gasteiger partial charge is 0.271 e. The molecule has 1 aromatic carbocycles. The van der Waals surface area contributed by atoms with Gasteiger partial charge in [-0.25, -0.2) is 4.39 Å². The van der Waals surface area contributed by atoms with Crippen molar-refractivity contribution in [2.24, 2.45) is 0 Å². The highest BCUT2D eigenvalue weighted by atomic mass is 19.1. The average Bonchev–Trinajstić information content (AvgIpc) is 3.17. The number of benzene rings is 1. The van der Waals surface area contributed by atoms with Gasteiger partial charge < -0.3 is 14.4 Å². The van der Waals surface area contributed by atoms with Crippen LogP contribution in [-0.4, -0.2) is 79.5 Å². The highest BCUT2D eigenvalue weighted by molar-refractivity contribution is 5.93. The zero-order chi connectivity index (χ0) is 18.5. The molecule has 140 valence electrons. The number of rotatable bonds is 6. The summed E-state index contributed by atoms with van der Waals surface area (Å²) < 4.78 is 23.1. The first-order valence-corrected chi connectivity index (χ1v) is 8.51. The van der Waals surface area contributed by atoms with Gasteiger partial charge in [-0.05, 0) is 24.3 Å². The van der Waals surface area contributed by atoms with Crippen LogP contribution in [0.4, 0.5) is 4.39 Å². The van der Waals surface area contributed by atoms with Gasteiger partial charge in [-0.2, -0.15) is 5.10 Å². The largest absolute Gasteiger partial charge is 0.497 e. The number of nitrogens with one attached hydrogen (secondary N) is 1. The standard InChI is InChI=1S/C18H23FN4O3/c1-25-13-3-4-17(26-2)14(11-13)15-12-16(21-20-15)18(24)23-9-7-22(6-5-19)8-10-23/h3-4,11-12H,5-10H2,1-2H3,(H,20,21). The number of amides is 1. The van der Waals surface area contributed by atoms with Crippen LogP contribution in [0.1, 0.15) is 10.5 Å². The number of carbonyl (C=O) groups is 1. The second kappa shape index (κ2) is 8.18. The zero-order valence-electron chi connectivity index (χ0n) is 15.0. The van der Waals surface area contributed by atoms with Crippen molar-refractivity contribution in [2.45, 2.75) is 0 Å². The highest BCUT2D eigenvalue weighted by Crippen LogP contribution is 2.32. The summed E-state index contributed by atoms with van der Waals surface area (Å²) >= 11 is 0. The van der Waals surface area contributed by atoms with Gasteiger partial charge in [0, 0.05) is 38.3 Å². The molecule has 0 spiro atoms. The Hall–Kier alpha value is -2.61. The van der Waals surface area contributed by atoms with Gasteiger partial charge in [0.25, 0.3) is 5.91 Å². The van der Waals surface area contributed by atoms with Crippen molar-refractivity contribution in [1.29, 1.82) is 0 Å². The van der Waals surface area contributed by atoms with Crippen LogP contribution in [0.5, 0.6) is 11.5 Å². The van der Waals surface area contributed by atoms with E-state index in [1.807, 2.05) is 11.0 Å². The normalized spacial score (nSPS) is 15.1. The number of methoxy groups -OCH3 is 2. The second-order valence-corrected chi connectivity index (χ2v) is 6.06. The summed E-state index contributed by atoms with van der Waals surface area (Å²) in [5, 5.41) is 7.08. The lowest BCUT2D eigenvalue weighted by molar-refractivity contribution is 0.0625. The molecule has 1 aromatic heterocycles. The summed E-state index contributed by atoms with van der Waals surface area (Å²) in [7, 11) is 3.18. The second-order valence-electron chi connectivity index (χ2n) is 6.06. The van der Waals surface area contributed by atoms with Crippen molar-refractivity contribution in [3.63, 3.8) is 0 Å². The quantitative estimate of drug-likeness (QED) is 0.849. The maximum atomic E-state index is 12.7. The average molecular weight is 362 g/mol. The van der Waals surface area contributed by atoms with Gasteiger partial charge in [0.1, 0.15) is 23.9 Å². The number of alkyl halides is 1. The lowest BCUT2D eigenvalue weighted by Crippen LogP contribution is -2.49. The van der Waals surface area contributed by atoms with Crippen LogP contribution in [0.15, 0.2) is 24.3 Å². The van der Waals surface area contributed by atoms with Crippen LogP contribution < -0.4 is 9.47 Å².